The number of benzene rings is 1. The monoisotopic (exact) mass is 347 g/mol. The first-order valence-corrected chi connectivity index (χ1v) is 8.68. The van der Waals surface area contributed by atoms with Crippen LogP contribution in [0.3, 0.4) is 0 Å². The number of nitriles is 1. The molecule has 0 fully saturated rings. The fourth-order valence-corrected chi connectivity index (χ4v) is 3.70. The standard InChI is InChI=1S/C14H17N7O2S/c1-3-21(4-2)24(22,23)13-8-6-5-7-12(13)16-10-11(9-15)14-17-19-20-18-14/h5-8,10,16H,3-4H2,1-2H3,(H,17,18,19,20). The second kappa shape index (κ2) is 7.67. The number of nitrogens with zero attached hydrogens (tertiary/aromatic N) is 5. The van der Waals surface area contributed by atoms with Gasteiger partial charge in [0.15, 0.2) is 0 Å². The molecule has 2 N–H and O–H groups in total. The topological polar surface area (TPSA) is 128 Å². The van der Waals surface area contributed by atoms with Crippen LogP contribution in [-0.2, 0) is 10.0 Å². The first-order chi connectivity index (χ1) is 11.5. The number of H-pyrrole nitrogens is 1. The Balaban J connectivity index is 2.38. The zero-order valence-electron chi connectivity index (χ0n) is 13.3. The number of allylic oxidation sites excluding steroid dienone is 1. The van der Waals surface area contributed by atoms with E-state index in [1.807, 2.05) is 6.07 Å². The van der Waals surface area contributed by atoms with E-state index in [4.69, 9.17) is 5.26 Å². The van der Waals surface area contributed by atoms with E-state index in [1.54, 1.807) is 32.0 Å². The van der Waals surface area contributed by atoms with Gasteiger partial charge in [-0.2, -0.15) is 14.8 Å². The van der Waals surface area contributed by atoms with Crippen LogP contribution in [0.4, 0.5) is 5.69 Å². The molecule has 0 radical (unpaired) electrons. The third-order valence-corrected chi connectivity index (χ3v) is 5.40. The van der Waals surface area contributed by atoms with Crippen molar-refractivity contribution in [3.8, 4) is 6.07 Å². The molecular formula is C14H17N7O2S. The molecule has 0 unspecified atom stereocenters. The fraction of sp³-hybridized carbons (Fsp3) is 0.286. The molecular weight excluding hydrogens is 330 g/mol. The van der Waals surface area contributed by atoms with Crippen LogP contribution in [0.2, 0.25) is 0 Å². The van der Waals surface area contributed by atoms with Crippen LogP contribution in [-0.4, -0.2) is 46.4 Å². The van der Waals surface area contributed by atoms with E-state index in [9.17, 15) is 8.42 Å². The molecule has 0 amide bonds. The second-order valence-corrected chi connectivity index (χ2v) is 6.54. The van der Waals surface area contributed by atoms with E-state index >= 15 is 0 Å². The summed E-state index contributed by atoms with van der Waals surface area (Å²) in [6, 6.07) is 8.43. The summed E-state index contributed by atoms with van der Waals surface area (Å²) >= 11 is 0. The summed E-state index contributed by atoms with van der Waals surface area (Å²) in [5.74, 6) is 0.120. The number of tetrazole rings is 1. The van der Waals surface area contributed by atoms with Crippen molar-refractivity contribution in [2.75, 3.05) is 18.4 Å². The second-order valence-electron chi connectivity index (χ2n) is 4.64. The first kappa shape index (κ1) is 17.6. The van der Waals surface area contributed by atoms with Gasteiger partial charge in [-0.25, -0.2) is 8.42 Å². The summed E-state index contributed by atoms with van der Waals surface area (Å²) in [6.45, 7) is 4.30. The Morgan fingerprint density at radius 1 is 1.38 bits per heavy atom. The predicted octanol–water partition coefficient (Wildman–Crippen LogP) is 1.21. The lowest BCUT2D eigenvalue weighted by atomic mass is 10.3. The van der Waals surface area contributed by atoms with E-state index in [1.165, 1.54) is 16.6 Å². The van der Waals surface area contributed by atoms with Crippen molar-refractivity contribution in [2.24, 2.45) is 0 Å². The highest BCUT2D eigenvalue weighted by Crippen LogP contribution is 2.25. The number of hydrogen-bond donors (Lipinski definition) is 2. The molecule has 1 heterocycles. The van der Waals surface area contributed by atoms with Crippen LogP contribution < -0.4 is 5.32 Å². The lowest BCUT2D eigenvalue weighted by Gasteiger charge is -2.20. The van der Waals surface area contributed by atoms with E-state index in [0.29, 0.717) is 18.8 Å². The Hall–Kier alpha value is -2.77. The van der Waals surface area contributed by atoms with Gasteiger partial charge < -0.3 is 5.32 Å². The SMILES string of the molecule is CCN(CC)S(=O)(=O)c1ccccc1NC=C(C#N)c1nn[nH]n1. The number of nitrogens with one attached hydrogen (secondary N) is 2. The molecule has 0 saturated carbocycles. The lowest BCUT2D eigenvalue weighted by Crippen LogP contribution is -2.31. The van der Waals surface area contributed by atoms with Crippen molar-refractivity contribution in [1.82, 2.24) is 24.9 Å². The molecule has 0 bridgehead atoms. The largest absolute Gasteiger partial charge is 0.359 e. The molecule has 9 nitrogen and oxygen atoms in total. The summed E-state index contributed by atoms with van der Waals surface area (Å²) in [5, 5.41) is 25.1. The number of rotatable bonds is 7. The van der Waals surface area contributed by atoms with Crippen molar-refractivity contribution in [2.45, 2.75) is 18.7 Å². The molecule has 24 heavy (non-hydrogen) atoms. The lowest BCUT2D eigenvalue weighted by molar-refractivity contribution is 0.445. The molecule has 126 valence electrons. The number of anilines is 1. The van der Waals surface area contributed by atoms with E-state index in [0.717, 1.165) is 0 Å². The molecule has 10 heteroatoms. The number of para-hydroxylation sites is 1. The van der Waals surface area contributed by atoms with Gasteiger partial charge in [-0.1, -0.05) is 26.0 Å². The van der Waals surface area contributed by atoms with Gasteiger partial charge in [-0.3, -0.25) is 0 Å². The van der Waals surface area contributed by atoms with Gasteiger partial charge in [-0.05, 0) is 17.3 Å². The van der Waals surface area contributed by atoms with Crippen molar-refractivity contribution in [3.63, 3.8) is 0 Å². The van der Waals surface area contributed by atoms with Crippen molar-refractivity contribution in [1.29, 1.82) is 5.26 Å². The number of hydrogen-bond acceptors (Lipinski definition) is 7. The number of aromatic amines is 1. The molecule has 0 aliphatic heterocycles. The van der Waals surface area contributed by atoms with Crippen LogP contribution in [0.25, 0.3) is 5.57 Å². The highest BCUT2D eigenvalue weighted by atomic mass is 32.2. The zero-order chi connectivity index (χ0) is 17.6. The van der Waals surface area contributed by atoms with Gasteiger partial charge in [0.25, 0.3) is 0 Å². The van der Waals surface area contributed by atoms with E-state index in [-0.39, 0.29) is 16.3 Å². The van der Waals surface area contributed by atoms with Gasteiger partial charge in [0.1, 0.15) is 16.5 Å². The molecule has 0 aliphatic rings. The minimum Gasteiger partial charge on any atom is -0.359 e. The third-order valence-electron chi connectivity index (χ3n) is 3.29. The summed E-state index contributed by atoms with van der Waals surface area (Å²) in [4.78, 5) is 0.135. The minimum absolute atomic E-state index is 0.120. The number of sulfonamides is 1. The number of aromatic nitrogens is 4. The maximum atomic E-state index is 12.7. The van der Waals surface area contributed by atoms with Crippen LogP contribution in [0.1, 0.15) is 19.7 Å². The molecule has 0 atom stereocenters. The summed E-state index contributed by atoms with van der Waals surface area (Å²) < 4.78 is 26.8. The Kier molecular flexibility index (Phi) is 5.62. The Morgan fingerprint density at radius 2 is 2.08 bits per heavy atom. The molecule has 2 rings (SSSR count). The molecule has 0 saturated heterocycles. The highest BCUT2D eigenvalue weighted by Gasteiger charge is 2.24. The van der Waals surface area contributed by atoms with Gasteiger partial charge >= 0.3 is 0 Å². The summed E-state index contributed by atoms with van der Waals surface area (Å²) in [7, 11) is -3.63. The van der Waals surface area contributed by atoms with Gasteiger partial charge in [-0.15, -0.1) is 10.2 Å². The zero-order valence-corrected chi connectivity index (χ0v) is 14.1. The van der Waals surface area contributed by atoms with Gasteiger partial charge in [0.05, 0.1) is 5.69 Å². The van der Waals surface area contributed by atoms with E-state index < -0.39 is 10.0 Å². The quantitative estimate of drug-likeness (QED) is 0.720. The smallest absolute Gasteiger partial charge is 0.245 e. The first-order valence-electron chi connectivity index (χ1n) is 7.24. The van der Waals surface area contributed by atoms with Crippen molar-refractivity contribution >= 4 is 21.3 Å². The predicted molar refractivity (Wildman–Crippen MR) is 87.9 cm³/mol. The summed E-state index contributed by atoms with van der Waals surface area (Å²) in [5.41, 5.74) is 0.486. The molecule has 0 aliphatic carbocycles. The van der Waals surface area contributed by atoms with Crippen LogP contribution >= 0.6 is 0 Å². The maximum absolute atomic E-state index is 12.7. The molecule has 1 aromatic carbocycles. The van der Waals surface area contributed by atoms with Gasteiger partial charge in [0.2, 0.25) is 15.8 Å². The van der Waals surface area contributed by atoms with Crippen LogP contribution in [0, 0.1) is 11.3 Å². The van der Waals surface area contributed by atoms with Crippen LogP contribution in [0.15, 0.2) is 35.4 Å². The van der Waals surface area contributed by atoms with Crippen molar-refractivity contribution in [3.05, 3.63) is 36.3 Å². The average Bonchev–Trinajstić information content (AvgIpc) is 3.11. The Morgan fingerprint density at radius 3 is 2.67 bits per heavy atom. The average molecular weight is 347 g/mol. The molecule has 1 aromatic heterocycles. The normalized spacial score (nSPS) is 12.2. The highest BCUT2D eigenvalue weighted by molar-refractivity contribution is 7.89. The maximum Gasteiger partial charge on any atom is 0.245 e. The van der Waals surface area contributed by atoms with Crippen LogP contribution in [0.5, 0.6) is 0 Å². The van der Waals surface area contributed by atoms with Gasteiger partial charge in [0, 0.05) is 19.3 Å². The minimum atomic E-state index is -3.63. The van der Waals surface area contributed by atoms with Crippen molar-refractivity contribution < 1.29 is 8.42 Å². The Bertz CT molecular complexity index is 849. The summed E-state index contributed by atoms with van der Waals surface area (Å²) in [6.07, 6.45) is 1.35. The third kappa shape index (κ3) is 3.58. The molecule has 0 spiro atoms. The van der Waals surface area contributed by atoms with E-state index in [2.05, 4.69) is 25.9 Å². The molecule has 2 aromatic rings. The fourth-order valence-electron chi connectivity index (χ4n) is 2.09. The Labute approximate surface area is 140 Å².